The molecule has 1 N–H and O–H groups in total. The van der Waals surface area contributed by atoms with Crippen molar-refractivity contribution < 1.29 is 4.79 Å². The number of hydrogen-bond acceptors (Lipinski definition) is 1. The molecule has 1 aliphatic carbocycles. The van der Waals surface area contributed by atoms with Gasteiger partial charge in [0, 0.05) is 17.2 Å². The molecule has 2 aliphatic rings. The topological polar surface area (TPSA) is 29.1 Å². The molecule has 0 aromatic carbocycles. The van der Waals surface area contributed by atoms with Gasteiger partial charge in [0.05, 0.1) is 5.92 Å². The van der Waals surface area contributed by atoms with Crippen LogP contribution in [-0.4, -0.2) is 5.91 Å². The Kier molecular flexibility index (Phi) is 1.18. The summed E-state index contributed by atoms with van der Waals surface area (Å²) in [7, 11) is 0. The van der Waals surface area contributed by atoms with Crippen molar-refractivity contribution in [2.45, 2.75) is 13.8 Å². The summed E-state index contributed by atoms with van der Waals surface area (Å²) in [5.41, 5.74) is 2.52. The highest BCUT2D eigenvalue weighted by Crippen LogP contribution is 2.64. The Morgan fingerprint density at radius 2 is 2.18 bits per heavy atom. The summed E-state index contributed by atoms with van der Waals surface area (Å²) in [6.45, 7) is 4.20. The molecule has 1 amide bonds. The molecule has 2 nitrogen and oxygen atoms in total. The third kappa shape index (κ3) is 0.707. The molecule has 0 aromatic rings. The van der Waals surface area contributed by atoms with Crippen LogP contribution >= 0.6 is 11.6 Å². The first-order chi connectivity index (χ1) is 5.09. The Hall–Kier alpha value is -0.500. The quantitative estimate of drug-likeness (QED) is 0.588. The maximum Gasteiger partial charge on any atom is 0.228 e. The number of allylic oxidation sites excluding steroid dienone is 1. The van der Waals surface area contributed by atoms with Gasteiger partial charge in [-0.05, 0) is 5.41 Å². The van der Waals surface area contributed by atoms with Gasteiger partial charge in [0.15, 0.2) is 0 Å². The molecular weight excluding hydrogens is 162 g/mol. The molecule has 1 heterocycles. The van der Waals surface area contributed by atoms with Crippen LogP contribution in [0, 0.1) is 17.3 Å². The number of piperidine rings is 1. The number of carbonyl (C=O) groups excluding carboxylic acids is 1. The molecule has 1 aliphatic heterocycles. The average Bonchev–Trinajstić information content (AvgIpc) is 2.37. The molecule has 60 valence electrons. The Morgan fingerprint density at radius 3 is 2.45 bits per heavy atom. The molecule has 3 heteroatoms. The van der Waals surface area contributed by atoms with E-state index in [1.165, 1.54) is 5.54 Å². The lowest BCUT2D eigenvalue weighted by atomic mass is 10.1. The minimum absolute atomic E-state index is 0.131. The smallest absolute Gasteiger partial charge is 0.228 e. The minimum Gasteiger partial charge on any atom is -0.328 e. The number of carbonyl (C=O) groups is 1. The Bertz CT molecular complexity index is 257. The van der Waals surface area contributed by atoms with Gasteiger partial charge in [-0.3, -0.25) is 4.79 Å². The third-order valence-electron chi connectivity index (χ3n) is 2.83. The molecule has 2 fully saturated rings. The maximum absolute atomic E-state index is 11.2. The van der Waals surface area contributed by atoms with E-state index in [0.717, 1.165) is 5.70 Å². The van der Waals surface area contributed by atoms with Crippen LogP contribution < -0.4 is 5.32 Å². The van der Waals surface area contributed by atoms with E-state index < -0.39 is 0 Å². The van der Waals surface area contributed by atoms with E-state index in [-0.39, 0.29) is 17.2 Å². The van der Waals surface area contributed by atoms with Gasteiger partial charge in [-0.1, -0.05) is 25.4 Å². The van der Waals surface area contributed by atoms with E-state index in [2.05, 4.69) is 19.2 Å². The standard InChI is InChI=1S/C8H10ClNO/c1-8(2)5-4(3-9)10-7(11)6(5)8/h3,5-6H,1-2H3,(H,10,11). The predicted molar refractivity (Wildman–Crippen MR) is 42.8 cm³/mol. The summed E-state index contributed by atoms with van der Waals surface area (Å²) in [5.74, 6) is 0.659. The number of nitrogens with one attached hydrogen (secondary N) is 1. The first-order valence-corrected chi connectivity index (χ1v) is 4.14. The fourth-order valence-corrected chi connectivity index (χ4v) is 2.29. The largest absolute Gasteiger partial charge is 0.328 e. The highest BCUT2D eigenvalue weighted by molar-refractivity contribution is 6.26. The molecule has 1 saturated carbocycles. The summed E-state index contributed by atoms with van der Waals surface area (Å²) in [4.78, 5) is 11.2. The number of hydrogen-bond donors (Lipinski definition) is 1. The van der Waals surface area contributed by atoms with Gasteiger partial charge in [0.25, 0.3) is 0 Å². The third-order valence-corrected chi connectivity index (χ3v) is 3.07. The van der Waals surface area contributed by atoms with Gasteiger partial charge in [-0.15, -0.1) is 0 Å². The Morgan fingerprint density at radius 1 is 1.55 bits per heavy atom. The van der Waals surface area contributed by atoms with Crippen molar-refractivity contribution in [3.63, 3.8) is 0 Å². The van der Waals surface area contributed by atoms with Crippen molar-refractivity contribution in [3.05, 3.63) is 11.2 Å². The van der Waals surface area contributed by atoms with Gasteiger partial charge >= 0.3 is 0 Å². The van der Waals surface area contributed by atoms with Crippen LogP contribution in [0.5, 0.6) is 0 Å². The van der Waals surface area contributed by atoms with Crippen LogP contribution in [0.3, 0.4) is 0 Å². The SMILES string of the molecule is CC1(C)C2C(=O)NC(=CCl)C21. The molecule has 2 rings (SSSR count). The minimum atomic E-state index is 0.131. The van der Waals surface area contributed by atoms with E-state index in [1.54, 1.807) is 0 Å². The van der Waals surface area contributed by atoms with E-state index in [1.807, 2.05) is 0 Å². The normalized spacial score (nSPS) is 42.1. The molecular formula is C8H10ClNO. The van der Waals surface area contributed by atoms with Gasteiger partial charge in [0.2, 0.25) is 5.91 Å². The summed E-state index contributed by atoms with van der Waals surface area (Å²) in [6, 6.07) is 0. The van der Waals surface area contributed by atoms with Gasteiger partial charge in [-0.2, -0.15) is 0 Å². The zero-order valence-electron chi connectivity index (χ0n) is 6.52. The molecule has 0 aromatic heterocycles. The van der Waals surface area contributed by atoms with Crippen LogP contribution in [0.15, 0.2) is 11.2 Å². The fourth-order valence-electron chi connectivity index (χ4n) is 2.10. The second-order valence-corrected chi connectivity index (χ2v) is 4.05. The van der Waals surface area contributed by atoms with Crippen molar-refractivity contribution in [2.75, 3.05) is 0 Å². The number of halogens is 1. The molecule has 0 spiro atoms. The highest BCUT2D eigenvalue weighted by atomic mass is 35.5. The lowest BCUT2D eigenvalue weighted by molar-refractivity contribution is -0.121. The second kappa shape index (κ2) is 1.81. The molecule has 1 saturated heterocycles. The fraction of sp³-hybridized carbons (Fsp3) is 0.625. The predicted octanol–water partition coefficient (Wildman–Crippen LogP) is 1.47. The summed E-state index contributed by atoms with van der Waals surface area (Å²) < 4.78 is 0. The summed E-state index contributed by atoms with van der Waals surface area (Å²) in [5, 5.41) is 2.75. The van der Waals surface area contributed by atoms with Crippen LogP contribution in [0.2, 0.25) is 0 Å². The monoisotopic (exact) mass is 171 g/mol. The Balaban J connectivity index is 2.33. The van der Waals surface area contributed by atoms with Crippen LogP contribution in [-0.2, 0) is 4.79 Å². The molecule has 0 radical (unpaired) electrons. The summed E-state index contributed by atoms with van der Waals surface area (Å²) in [6.07, 6.45) is 0. The van der Waals surface area contributed by atoms with Crippen molar-refractivity contribution >= 4 is 17.5 Å². The number of fused-ring (bicyclic) bond motifs is 1. The van der Waals surface area contributed by atoms with Crippen molar-refractivity contribution in [2.24, 2.45) is 17.3 Å². The zero-order chi connectivity index (χ0) is 8.22. The molecule has 11 heavy (non-hydrogen) atoms. The Labute approximate surface area is 70.6 Å². The van der Waals surface area contributed by atoms with Crippen molar-refractivity contribution in [1.29, 1.82) is 0 Å². The molecule has 0 bridgehead atoms. The zero-order valence-corrected chi connectivity index (χ0v) is 7.27. The van der Waals surface area contributed by atoms with Crippen molar-refractivity contribution in [3.8, 4) is 0 Å². The van der Waals surface area contributed by atoms with Gasteiger partial charge in [-0.25, -0.2) is 0 Å². The maximum atomic E-state index is 11.2. The van der Waals surface area contributed by atoms with E-state index in [4.69, 9.17) is 11.6 Å². The summed E-state index contributed by atoms with van der Waals surface area (Å²) >= 11 is 5.55. The van der Waals surface area contributed by atoms with Crippen LogP contribution in [0.25, 0.3) is 0 Å². The van der Waals surface area contributed by atoms with Crippen LogP contribution in [0.4, 0.5) is 0 Å². The molecule has 2 unspecified atom stereocenters. The first-order valence-electron chi connectivity index (χ1n) is 3.70. The van der Waals surface area contributed by atoms with Crippen LogP contribution in [0.1, 0.15) is 13.8 Å². The highest BCUT2D eigenvalue weighted by Gasteiger charge is 2.67. The first kappa shape index (κ1) is 7.17. The molecule has 2 atom stereocenters. The van der Waals surface area contributed by atoms with Gasteiger partial charge < -0.3 is 5.32 Å². The number of rotatable bonds is 0. The number of amides is 1. The van der Waals surface area contributed by atoms with E-state index in [0.29, 0.717) is 5.92 Å². The average molecular weight is 172 g/mol. The van der Waals surface area contributed by atoms with Crippen molar-refractivity contribution in [1.82, 2.24) is 5.32 Å². The van der Waals surface area contributed by atoms with E-state index in [9.17, 15) is 4.79 Å². The lowest BCUT2D eigenvalue weighted by Crippen LogP contribution is -2.23. The van der Waals surface area contributed by atoms with Gasteiger partial charge in [0.1, 0.15) is 0 Å². The second-order valence-electron chi connectivity index (χ2n) is 3.83. The lowest BCUT2D eigenvalue weighted by Gasteiger charge is -2.09. The van der Waals surface area contributed by atoms with E-state index >= 15 is 0 Å².